The first kappa shape index (κ1) is 21.9. The first-order valence-electron chi connectivity index (χ1n) is 12.2. The highest BCUT2D eigenvalue weighted by atomic mass is 14.2. The molecule has 29 heavy (non-hydrogen) atoms. The van der Waals surface area contributed by atoms with Crippen LogP contribution in [0.25, 0.3) is 16.7 Å². The summed E-state index contributed by atoms with van der Waals surface area (Å²) in [5.74, 6) is 0.921. The smallest absolute Gasteiger partial charge is 0.0184 e. The average Bonchev–Trinajstić information content (AvgIpc) is 2.78. The first-order valence-corrected chi connectivity index (χ1v) is 12.2. The van der Waals surface area contributed by atoms with E-state index in [2.05, 4.69) is 68.5 Å². The third-order valence-electron chi connectivity index (χ3n) is 6.60. The van der Waals surface area contributed by atoms with Gasteiger partial charge in [-0.1, -0.05) is 113 Å². The number of aryl methyl sites for hydroxylation is 1. The van der Waals surface area contributed by atoms with Crippen molar-refractivity contribution < 1.29 is 0 Å². The van der Waals surface area contributed by atoms with Gasteiger partial charge in [0.05, 0.1) is 0 Å². The first-order chi connectivity index (χ1) is 14.3. The molecule has 0 aliphatic heterocycles. The molecule has 0 saturated heterocycles. The molecule has 1 atom stereocenters. The molecule has 0 bridgehead atoms. The molecular weight excluding hydrogens is 348 g/mol. The summed E-state index contributed by atoms with van der Waals surface area (Å²) in [7, 11) is 0. The quantitative estimate of drug-likeness (QED) is 0.336. The van der Waals surface area contributed by atoms with Crippen molar-refractivity contribution in [3.63, 3.8) is 0 Å². The van der Waals surface area contributed by atoms with Crippen LogP contribution in [0.1, 0.15) is 95.6 Å². The van der Waals surface area contributed by atoms with E-state index in [0.29, 0.717) is 0 Å². The van der Waals surface area contributed by atoms with Crippen LogP contribution in [-0.4, -0.2) is 0 Å². The minimum absolute atomic E-state index is 0.921. The lowest BCUT2D eigenvalue weighted by molar-refractivity contribution is 0.428. The molecule has 1 aliphatic rings. The summed E-state index contributed by atoms with van der Waals surface area (Å²) in [5, 5.41) is 0. The van der Waals surface area contributed by atoms with E-state index in [0.717, 1.165) is 5.92 Å². The van der Waals surface area contributed by atoms with E-state index in [1.54, 1.807) is 5.57 Å². The molecule has 1 aliphatic carbocycles. The molecule has 0 aromatic heterocycles. The van der Waals surface area contributed by atoms with Crippen LogP contribution in [0.4, 0.5) is 0 Å². The van der Waals surface area contributed by atoms with Crippen LogP contribution in [-0.2, 0) is 6.42 Å². The lowest BCUT2D eigenvalue weighted by Crippen LogP contribution is -2.05. The third kappa shape index (κ3) is 6.88. The summed E-state index contributed by atoms with van der Waals surface area (Å²) < 4.78 is 0. The van der Waals surface area contributed by atoms with Gasteiger partial charge < -0.3 is 0 Å². The van der Waals surface area contributed by atoms with Gasteiger partial charge >= 0.3 is 0 Å². The van der Waals surface area contributed by atoms with Crippen molar-refractivity contribution in [3.05, 3.63) is 65.7 Å². The fourth-order valence-electron chi connectivity index (χ4n) is 4.59. The maximum Gasteiger partial charge on any atom is -0.0184 e. The van der Waals surface area contributed by atoms with Gasteiger partial charge in [-0.25, -0.2) is 0 Å². The maximum atomic E-state index is 2.52. The molecule has 0 nitrogen and oxygen atoms in total. The van der Waals surface area contributed by atoms with Crippen molar-refractivity contribution >= 4 is 5.57 Å². The average molecular weight is 389 g/mol. The molecule has 0 fully saturated rings. The van der Waals surface area contributed by atoms with Gasteiger partial charge in [0.25, 0.3) is 0 Å². The van der Waals surface area contributed by atoms with Crippen molar-refractivity contribution in [1.82, 2.24) is 0 Å². The predicted molar refractivity (Wildman–Crippen MR) is 129 cm³/mol. The topological polar surface area (TPSA) is 0 Å². The largest absolute Gasteiger partial charge is 0.0804 e. The molecule has 2 aromatic rings. The molecule has 0 radical (unpaired) electrons. The molecular formula is C29H40. The van der Waals surface area contributed by atoms with Crippen LogP contribution in [0, 0.1) is 5.92 Å². The molecule has 0 amide bonds. The van der Waals surface area contributed by atoms with E-state index in [-0.39, 0.29) is 0 Å². The van der Waals surface area contributed by atoms with Crippen LogP contribution in [0.15, 0.2) is 54.6 Å². The van der Waals surface area contributed by atoms with E-state index in [1.807, 2.05) is 0 Å². The van der Waals surface area contributed by atoms with Crippen molar-refractivity contribution in [2.24, 2.45) is 5.92 Å². The predicted octanol–water partition coefficient (Wildman–Crippen LogP) is 9.24. The number of allylic oxidation sites excluding steroid dienone is 2. The monoisotopic (exact) mass is 388 g/mol. The summed E-state index contributed by atoms with van der Waals surface area (Å²) in [6.45, 7) is 4.57. The minimum atomic E-state index is 0.921. The van der Waals surface area contributed by atoms with Crippen LogP contribution < -0.4 is 0 Å². The van der Waals surface area contributed by atoms with Crippen molar-refractivity contribution in [1.29, 1.82) is 0 Å². The van der Waals surface area contributed by atoms with Gasteiger partial charge in [0, 0.05) is 0 Å². The van der Waals surface area contributed by atoms with Gasteiger partial charge in [-0.05, 0) is 65.8 Å². The molecule has 0 saturated carbocycles. The number of benzene rings is 2. The molecule has 0 heteroatoms. The Morgan fingerprint density at radius 2 is 1.31 bits per heavy atom. The summed E-state index contributed by atoms with van der Waals surface area (Å²) >= 11 is 0. The summed E-state index contributed by atoms with van der Waals surface area (Å²) in [4.78, 5) is 0. The normalized spacial score (nSPS) is 16.6. The fourth-order valence-corrected chi connectivity index (χ4v) is 4.59. The summed E-state index contributed by atoms with van der Waals surface area (Å²) in [6, 6.07) is 18.5. The highest BCUT2D eigenvalue weighted by Crippen LogP contribution is 2.33. The van der Waals surface area contributed by atoms with E-state index in [1.165, 1.54) is 99.3 Å². The van der Waals surface area contributed by atoms with Crippen LogP contribution in [0.2, 0.25) is 0 Å². The number of unbranched alkanes of at least 4 members (excludes halogenated alkanes) is 5. The second-order valence-corrected chi connectivity index (χ2v) is 8.95. The molecule has 156 valence electrons. The number of rotatable bonds is 11. The SMILES string of the molecule is CCCCCCc1ccc(-c2ccc(C3=CCC(CCCCC)CC3)cc2)cc1. The van der Waals surface area contributed by atoms with Gasteiger partial charge in [0.2, 0.25) is 0 Å². The minimum Gasteiger partial charge on any atom is -0.0804 e. The molecule has 0 N–H and O–H groups in total. The Balaban J connectivity index is 1.53. The van der Waals surface area contributed by atoms with Gasteiger partial charge in [0.1, 0.15) is 0 Å². The van der Waals surface area contributed by atoms with Gasteiger partial charge in [-0.3, -0.25) is 0 Å². The second-order valence-electron chi connectivity index (χ2n) is 8.95. The Labute approximate surface area is 179 Å². The van der Waals surface area contributed by atoms with Crippen LogP contribution in [0.3, 0.4) is 0 Å². The zero-order chi connectivity index (χ0) is 20.3. The van der Waals surface area contributed by atoms with E-state index in [9.17, 15) is 0 Å². The van der Waals surface area contributed by atoms with E-state index in [4.69, 9.17) is 0 Å². The Bertz CT molecular complexity index is 733. The highest BCUT2D eigenvalue weighted by Gasteiger charge is 2.15. The molecule has 3 rings (SSSR count). The van der Waals surface area contributed by atoms with Crippen molar-refractivity contribution in [2.45, 2.75) is 90.9 Å². The third-order valence-corrected chi connectivity index (χ3v) is 6.60. The second kappa shape index (κ2) is 12.0. The molecule has 2 aromatic carbocycles. The fraction of sp³-hybridized carbons (Fsp3) is 0.517. The molecule has 0 spiro atoms. The summed E-state index contributed by atoms with van der Waals surface area (Å²) in [6.07, 6.45) is 18.5. The zero-order valence-corrected chi connectivity index (χ0v) is 18.8. The van der Waals surface area contributed by atoms with Crippen molar-refractivity contribution in [2.75, 3.05) is 0 Å². The lowest BCUT2D eigenvalue weighted by atomic mass is 9.83. The zero-order valence-electron chi connectivity index (χ0n) is 18.8. The van der Waals surface area contributed by atoms with E-state index >= 15 is 0 Å². The summed E-state index contributed by atoms with van der Waals surface area (Å²) in [5.41, 5.74) is 7.13. The Hall–Kier alpha value is -1.82. The Morgan fingerprint density at radius 1 is 0.690 bits per heavy atom. The molecule has 0 heterocycles. The maximum absolute atomic E-state index is 2.52. The lowest BCUT2D eigenvalue weighted by Gasteiger charge is -2.22. The standard InChI is InChI=1S/C29H40/c1-3-5-7-9-11-25-14-18-27(19-15-25)29-22-20-28(21-23-29)26-16-12-24(13-17-26)10-8-6-4-2/h14-16,18-24H,3-13,17H2,1-2H3. The van der Waals surface area contributed by atoms with Crippen molar-refractivity contribution in [3.8, 4) is 11.1 Å². The van der Waals surface area contributed by atoms with Gasteiger partial charge in [-0.2, -0.15) is 0 Å². The highest BCUT2D eigenvalue weighted by molar-refractivity contribution is 5.71. The van der Waals surface area contributed by atoms with Crippen LogP contribution in [0.5, 0.6) is 0 Å². The van der Waals surface area contributed by atoms with Gasteiger partial charge in [0.15, 0.2) is 0 Å². The Kier molecular flexibility index (Phi) is 9.06. The Morgan fingerprint density at radius 3 is 1.93 bits per heavy atom. The van der Waals surface area contributed by atoms with E-state index < -0.39 is 0 Å². The molecule has 1 unspecified atom stereocenters. The number of hydrogen-bond donors (Lipinski definition) is 0. The number of hydrogen-bond acceptors (Lipinski definition) is 0. The van der Waals surface area contributed by atoms with Crippen LogP contribution >= 0.6 is 0 Å². The van der Waals surface area contributed by atoms with Gasteiger partial charge in [-0.15, -0.1) is 0 Å².